The van der Waals surface area contributed by atoms with E-state index < -0.39 is 0 Å². The molecule has 1 aromatic heterocycles. The molecule has 1 aromatic rings. The van der Waals surface area contributed by atoms with Crippen LogP contribution in [0.4, 0.5) is 10.6 Å². The Balaban J connectivity index is 1.91. The van der Waals surface area contributed by atoms with E-state index in [1.54, 1.807) is 4.68 Å². The quantitative estimate of drug-likeness (QED) is 0.894. The van der Waals surface area contributed by atoms with Gasteiger partial charge in [0.1, 0.15) is 5.82 Å². The predicted octanol–water partition coefficient (Wildman–Crippen LogP) is 2.11. The minimum atomic E-state index is -0.162. The Morgan fingerprint density at radius 2 is 2.05 bits per heavy atom. The summed E-state index contributed by atoms with van der Waals surface area (Å²) in [6.45, 7) is 2.59. The minimum absolute atomic E-state index is 0.0952. The van der Waals surface area contributed by atoms with Crippen LogP contribution in [0.25, 0.3) is 0 Å². The standard InChI is InChI=1S/C15H27N5O/c1-12-10-13(20(4)18-12)17-14(21)16-11-15(19(2)3)8-6-5-7-9-15/h10H,5-9,11H2,1-4H3,(H2,16,17,21). The van der Waals surface area contributed by atoms with Crippen LogP contribution < -0.4 is 10.6 Å². The van der Waals surface area contributed by atoms with E-state index >= 15 is 0 Å². The number of nitrogens with one attached hydrogen (secondary N) is 2. The van der Waals surface area contributed by atoms with E-state index in [2.05, 4.69) is 34.7 Å². The molecule has 6 nitrogen and oxygen atoms in total. The number of aromatic nitrogens is 2. The molecule has 0 atom stereocenters. The summed E-state index contributed by atoms with van der Waals surface area (Å²) < 4.78 is 1.68. The van der Waals surface area contributed by atoms with Crippen LogP contribution in [-0.4, -0.2) is 46.9 Å². The van der Waals surface area contributed by atoms with Gasteiger partial charge in [-0.05, 0) is 33.9 Å². The summed E-state index contributed by atoms with van der Waals surface area (Å²) >= 11 is 0. The molecule has 1 aliphatic rings. The van der Waals surface area contributed by atoms with Crippen molar-refractivity contribution in [2.75, 3.05) is 26.0 Å². The normalized spacial score (nSPS) is 17.8. The number of amides is 2. The Morgan fingerprint density at radius 1 is 1.38 bits per heavy atom. The first-order chi connectivity index (χ1) is 9.93. The van der Waals surface area contributed by atoms with Gasteiger partial charge in [0.25, 0.3) is 0 Å². The molecule has 2 N–H and O–H groups in total. The summed E-state index contributed by atoms with van der Waals surface area (Å²) in [7, 11) is 6.04. The van der Waals surface area contributed by atoms with Gasteiger partial charge in [-0.2, -0.15) is 5.10 Å². The van der Waals surface area contributed by atoms with Crippen LogP contribution in [0.3, 0.4) is 0 Å². The molecule has 1 heterocycles. The number of rotatable bonds is 4. The highest BCUT2D eigenvalue weighted by Gasteiger charge is 2.34. The zero-order chi connectivity index (χ0) is 15.5. The molecule has 2 amide bonds. The van der Waals surface area contributed by atoms with Crippen molar-refractivity contribution in [3.63, 3.8) is 0 Å². The highest BCUT2D eigenvalue weighted by Crippen LogP contribution is 2.31. The smallest absolute Gasteiger partial charge is 0.320 e. The van der Waals surface area contributed by atoms with Crippen molar-refractivity contribution in [2.45, 2.75) is 44.6 Å². The lowest BCUT2D eigenvalue weighted by Gasteiger charge is -2.43. The second-order valence-corrected chi connectivity index (χ2v) is 6.28. The van der Waals surface area contributed by atoms with Crippen LogP contribution >= 0.6 is 0 Å². The molecule has 0 saturated heterocycles. The Hall–Kier alpha value is -1.56. The van der Waals surface area contributed by atoms with Crippen LogP contribution in [0, 0.1) is 6.92 Å². The van der Waals surface area contributed by atoms with Gasteiger partial charge in [0.05, 0.1) is 5.69 Å². The fourth-order valence-electron chi connectivity index (χ4n) is 3.12. The predicted molar refractivity (Wildman–Crippen MR) is 84.5 cm³/mol. The van der Waals surface area contributed by atoms with Crippen molar-refractivity contribution in [3.05, 3.63) is 11.8 Å². The van der Waals surface area contributed by atoms with Gasteiger partial charge in [-0.15, -0.1) is 0 Å². The summed E-state index contributed by atoms with van der Waals surface area (Å²) in [6, 6.07) is 1.70. The topological polar surface area (TPSA) is 62.2 Å². The van der Waals surface area contributed by atoms with Gasteiger partial charge in [0.2, 0.25) is 0 Å². The Kier molecular flexibility index (Phi) is 4.88. The number of urea groups is 1. The van der Waals surface area contributed by atoms with Crippen molar-refractivity contribution in [1.82, 2.24) is 20.0 Å². The summed E-state index contributed by atoms with van der Waals surface area (Å²) in [4.78, 5) is 14.4. The fraction of sp³-hybridized carbons (Fsp3) is 0.733. The van der Waals surface area contributed by atoms with Crippen molar-refractivity contribution in [2.24, 2.45) is 7.05 Å². The average Bonchev–Trinajstić information content (AvgIpc) is 2.75. The largest absolute Gasteiger partial charge is 0.336 e. The van der Waals surface area contributed by atoms with Crippen molar-refractivity contribution in [1.29, 1.82) is 0 Å². The molecule has 0 aromatic carbocycles. The van der Waals surface area contributed by atoms with E-state index in [-0.39, 0.29) is 11.6 Å². The molecular weight excluding hydrogens is 266 g/mol. The lowest BCUT2D eigenvalue weighted by atomic mass is 9.80. The molecule has 1 fully saturated rings. The number of likely N-dealkylation sites (N-methyl/N-ethyl adjacent to an activating group) is 1. The molecule has 0 radical (unpaired) electrons. The van der Waals surface area contributed by atoms with E-state index in [0.717, 1.165) is 18.5 Å². The Bertz CT molecular complexity index is 488. The maximum Gasteiger partial charge on any atom is 0.320 e. The van der Waals surface area contributed by atoms with Gasteiger partial charge in [-0.25, -0.2) is 4.79 Å². The van der Waals surface area contributed by atoms with E-state index in [1.807, 2.05) is 20.0 Å². The van der Waals surface area contributed by atoms with Crippen LogP contribution in [0.1, 0.15) is 37.8 Å². The minimum Gasteiger partial charge on any atom is -0.336 e. The van der Waals surface area contributed by atoms with Gasteiger partial charge >= 0.3 is 6.03 Å². The van der Waals surface area contributed by atoms with Crippen molar-refractivity contribution in [3.8, 4) is 0 Å². The zero-order valence-electron chi connectivity index (χ0n) is 13.6. The first kappa shape index (κ1) is 15.8. The Labute approximate surface area is 126 Å². The van der Waals surface area contributed by atoms with Gasteiger partial charge in [-0.1, -0.05) is 19.3 Å². The van der Waals surface area contributed by atoms with E-state index in [4.69, 9.17) is 0 Å². The summed E-state index contributed by atoms with van der Waals surface area (Å²) in [6.07, 6.45) is 6.07. The molecule has 0 aliphatic heterocycles. The third kappa shape index (κ3) is 3.75. The molecule has 118 valence electrons. The molecule has 1 aliphatic carbocycles. The fourth-order valence-corrected chi connectivity index (χ4v) is 3.12. The lowest BCUT2D eigenvalue weighted by Crippen LogP contribution is -2.54. The second-order valence-electron chi connectivity index (χ2n) is 6.28. The Morgan fingerprint density at radius 3 is 2.57 bits per heavy atom. The highest BCUT2D eigenvalue weighted by atomic mass is 16.2. The second kappa shape index (κ2) is 6.47. The van der Waals surface area contributed by atoms with Gasteiger partial charge in [-0.3, -0.25) is 10.00 Å². The number of carbonyl (C=O) groups excluding carboxylic acids is 1. The van der Waals surface area contributed by atoms with Crippen LogP contribution in [0.5, 0.6) is 0 Å². The average molecular weight is 293 g/mol. The van der Waals surface area contributed by atoms with Gasteiger partial charge in [0, 0.05) is 25.2 Å². The number of nitrogens with zero attached hydrogens (tertiary/aromatic N) is 3. The third-order valence-corrected chi connectivity index (χ3v) is 4.55. The summed E-state index contributed by atoms with van der Waals surface area (Å²) in [5.41, 5.74) is 0.989. The van der Waals surface area contributed by atoms with Crippen LogP contribution in [0.2, 0.25) is 0 Å². The molecule has 0 spiro atoms. The molecular formula is C15H27N5O. The van der Waals surface area contributed by atoms with Crippen LogP contribution in [0.15, 0.2) is 6.07 Å². The molecule has 0 bridgehead atoms. The lowest BCUT2D eigenvalue weighted by molar-refractivity contribution is 0.101. The molecule has 6 heteroatoms. The van der Waals surface area contributed by atoms with E-state index in [1.165, 1.54) is 19.3 Å². The maximum atomic E-state index is 12.1. The molecule has 0 unspecified atom stereocenters. The van der Waals surface area contributed by atoms with Crippen LogP contribution in [-0.2, 0) is 7.05 Å². The molecule has 21 heavy (non-hydrogen) atoms. The number of hydrogen-bond donors (Lipinski definition) is 2. The summed E-state index contributed by atoms with van der Waals surface area (Å²) in [5, 5.41) is 10.1. The monoisotopic (exact) mass is 293 g/mol. The number of anilines is 1. The number of hydrogen-bond acceptors (Lipinski definition) is 3. The number of carbonyl (C=O) groups is 1. The third-order valence-electron chi connectivity index (χ3n) is 4.55. The van der Waals surface area contributed by atoms with Gasteiger partial charge < -0.3 is 10.2 Å². The molecule has 2 rings (SSSR count). The first-order valence-electron chi connectivity index (χ1n) is 7.66. The number of aryl methyl sites for hydroxylation is 2. The van der Waals surface area contributed by atoms with Gasteiger partial charge in [0.15, 0.2) is 0 Å². The summed E-state index contributed by atoms with van der Waals surface area (Å²) in [5.74, 6) is 0.715. The van der Waals surface area contributed by atoms with E-state index in [9.17, 15) is 4.79 Å². The highest BCUT2D eigenvalue weighted by molar-refractivity contribution is 5.88. The van der Waals surface area contributed by atoms with Crippen molar-refractivity contribution >= 4 is 11.8 Å². The van der Waals surface area contributed by atoms with Crippen molar-refractivity contribution < 1.29 is 4.79 Å². The first-order valence-corrected chi connectivity index (χ1v) is 7.66. The zero-order valence-corrected chi connectivity index (χ0v) is 13.6. The SMILES string of the molecule is Cc1cc(NC(=O)NCC2(N(C)C)CCCCC2)n(C)n1. The van der Waals surface area contributed by atoms with E-state index in [0.29, 0.717) is 12.4 Å². The maximum absolute atomic E-state index is 12.1. The molecule has 1 saturated carbocycles.